The fourth-order valence-electron chi connectivity index (χ4n) is 2.90. The van der Waals surface area contributed by atoms with E-state index in [0.717, 1.165) is 10.5 Å². The van der Waals surface area contributed by atoms with E-state index in [4.69, 9.17) is 0 Å². The van der Waals surface area contributed by atoms with Crippen molar-refractivity contribution in [3.63, 3.8) is 0 Å². The predicted molar refractivity (Wildman–Crippen MR) is 123 cm³/mol. The van der Waals surface area contributed by atoms with Gasteiger partial charge in [0, 0.05) is 10.5 Å². The van der Waals surface area contributed by atoms with Gasteiger partial charge in [0.05, 0.1) is 12.2 Å². The monoisotopic (exact) mass is 496 g/mol. The van der Waals surface area contributed by atoms with Gasteiger partial charge in [0.1, 0.15) is 5.82 Å². The van der Waals surface area contributed by atoms with E-state index in [1.54, 1.807) is 0 Å². The number of aromatic nitrogens is 3. The lowest BCUT2D eigenvalue weighted by molar-refractivity contribution is 0.102. The van der Waals surface area contributed by atoms with Crippen LogP contribution in [0.15, 0.2) is 87.6 Å². The summed E-state index contributed by atoms with van der Waals surface area (Å²) in [5, 5.41) is 8.04. The second-order valence-electron chi connectivity index (χ2n) is 6.87. The van der Waals surface area contributed by atoms with Gasteiger partial charge < -0.3 is 5.32 Å². The Morgan fingerprint density at radius 2 is 1.77 bits per heavy atom. The summed E-state index contributed by atoms with van der Waals surface area (Å²) in [6, 6.07) is 21.2. The largest absolute Gasteiger partial charge is 0.321 e. The van der Waals surface area contributed by atoms with E-state index in [0.29, 0.717) is 27.7 Å². The first-order valence-corrected chi connectivity index (χ1v) is 11.1. The molecule has 3 aromatic carbocycles. The Morgan fingerprint density at radius 1 is 1.06 bits per heavy atom. The van der Waals surface area contributed by atoms with Crippen LogP contribution in [0.5, 0.6) is 0 Å². The van der Waals surface area contributed by atoms with E-state index < -0.39 is 0 Å². The minimum Gasteiger partial charge on any atom is -0.321 e. The van der Waals surface area contributed by atoms with Crippen LogP contribution in [0.1, 0.15) is 21.5 Å². The number of benzene rings is 3. The summed E-state index contributed by atoms with van der Waals surface area (Å²) in [7, 11) is 0. The number of amides is 1. The van der Waals surface area contributed by atoms with Crippen molar-refractivity contribution in [2.75, 3.05) is 5.32 Å². The van der Waals surface area contributed by atoms with Gasteiger partial charge in [-0.3, -0.25) is 4.79 Å². The number of hydrogen-bond acceptors (Lipinski definition) is 4. The summed E-state index contributed by atoms with van der Waals surface area (Å²) in [5.74, 6) is -0.693. The van der Waals surface area contributed by atoms with Gasteiger partial charge in [0.15, 0.2) is 5.16 Å². The molecule has 0 saturated carbocycles. The highest BCUT2D eigenvalue weighted by Gasteiger charge is 2.15. The van der Waals surface area contributed by atoms with Crippen molar-refractivity contribution in [1.29, 1.82) is 0 Å². The third kappa shape index (κ3) is 5.39. The summed E-state index contributed by atoms with van der Waals surface area (Å²) in [5.41, 5.74) is 3.33. The molecular formula is C23H18BrFN4OS. The van der Waals surface area contributed by atoms with Crippen LogP contribution in [0.25, 0.3) is 0 Å². The average Bonchev–Trinajstić information content (AvgIpc) is 3.10. The molecule has 0 spiro atoms. The second-order valence-corrected chi connectivity index (χ2v) is 8.58. The zero-order valence-electron chi connectivity index (χ0n) is 16.5. The van der Waals surface area contributed by atoms with Crippen molar-refractivity contribution in [2.24, 2.45) is 0 Å². The molecule has 0 fully saturated rings. The number of carbonyl (C=O) groups is 1. The first kappa shape index (κ1) is 21.3. The van der Waals surface area contributed by atoms with Crippen LogP contribution in [-0.2, 0) is 6.54 Å². The average molecular weight is 497 g/mol. The maximum absolute atomic E-state index is 13.1. The molecule has 0 radical (unpaired) electrons. The maximum Gasteiger partial charge on any atom is 0.255 e. The molecule has 5 nitrogen and oxygen atoms in total. The van der Waals surface area contributed by atoms with Crippen LogP contribution < -0.4 is 5.32 Å². The number of rotatable bonds is 6. The molecule has 1 N–H and O–H groups in total. The van der Waals surface area contributed by atoms with Gasteiger partial charge in [-0.2, -0.15) is 4.98 Å². The van der Waals surface area contributed by atoms with Gasteiger partial charge >= 0.3 is 0 Å². The molecule has 1 amide bonds. The number of halogens is 2. The second kappa shape index (κ2) is 9.45. The topological polar surface area (TPSA) is 59.8 Å². The third-order valence-corrected chi connectivity index (χ3v) is 5.90. The Bertz CT molecular complexity index is 1210. The molecule has 156 valence electrons. The molecule has 4 rings (SSSR count). The van der Waals surface area contributed by atoms with E-state index in [2.05, 4.69) is 55.6 Å². The fourth-order valence-corrected chi connectivity index (χ4v) is 4.29. The Hall–Kier alpha value is -2.97. The minimum atomic E-state index is -0.383. The SMILES string of the molecule is Cc1ccc(Cn2nc(Br)nc2Sc2ccccc2NC(=O)c2ccc(F)cc2)cc1. The lowest BCUT2D eigenvalue weighted by Crippen LogP contribution is -2.12. The molecule has 0 unspecified atom stereocenters. The zero-order valence-corrected chi connectivity index (χ0v) is 19.0. The first-order chi connectivity index (χ1) is 15.0. The summed E-state index contributed by atoms with van der Waals surface area (Å²) in [6.45, 7) is 2.62. The number of nitrogens with zero attached hydrogens (tertiary/aromatic N) is 3. The highest BCUT2D eigenvalue weighted by atomic mass is 79.9. The quantitative estimate of drug-likeness (QED) is 0.358. The number of carbonyl (C=O) groups excluding carboxylic acids is 1. The molecule has 0 aliphatic heterocycles. The van der Waals surface area contributed by atoms with Crippen LogP contribution in [0, 0.1) is 12.7 Å². The molecule has 1 heterocycles. The van der Waals surface area contributed by atoms with Crippen LogP contribution >= 0.6 is 27.7 Å². The van der Waals surface area contributed by atoms with Crippen molar-refractivity contribution >= 4 is 39.3 Å². The van der Waals surface area contributed by atoms with E-state index >= 15 is 0 Å². The van der Waals surface area contributed by atoms with Crippen LogP contribution in [0.3, 0.4) is 0 Å². The van der Waals surface area contributed by atoms with Crippen LogP contribution in [0.2, 0.25) is 0 Å². The van der Waals surface area contributed by atoms with Crippen molar-refractivity contribution in [3.05, 3.63) is 100 Å². The Balaban J connectivity index is 1.56. The normalized spacial score (nSPS) is 10.8. The van der Waals surface area contributed by atoms with Gasteiger partial charge in [-0.25, -0.2) is 9.07 Å². The van der Waals surface area contributed by atoms with Gasteiger partial charge in [-0.15, -0.1) is 5.10 Å². The van der Waals surface area contributed by atoms with E-state index in [1.807, 2.05) is 35.9 Å². The van der Waals surface area contributed by atoms with Crippen LogP contribution in [-0.4, -0.2) is 20.7 Å². The lowest BCUT2D eigenvalue weighted by atomic mass is 10.1. The van der Waals surface area contributed by atoms with Gasteiger partial charge in [0.2, 0.25) is 4.73 Å². The van der Waals surface area contributed by atoms with Gasteiger partial charge in [-0.1, -0.05) is 42.0 Å². The first-order valence-electron chi connectivity index (χ1n) is 9.47. The van der Waals surface area contributed by atoms with Crippen LogP contribution in [0.4, 0.5) is 10.1 Å². The lowest BCUT2D eigenvalue weighted by Gasteiger charge is -2.11. The summed E-state index contributed by atoms with van der Waals surface area (Å²) >= 11 is 4.77. The molecule has 0 aliphatic carbocycles. The van der Waals surface area contributed by atoms with E-state index in [9.17, 15) is 9.18 Å². The summed E-state index contributed by atoms with van der Waals surface area (Å²) < 4.78 is 15.5. The Kier molecular flexibility index (Phi) is 6.48. The van der Waals surface area contributed by atoms with Gasteiger partial charge in [0.25, 0.3) is 5.91 Å². The molecule has 0 saturated heterocycles. The highest BCUT2D eigenvalue weighted by Crippen LogP contribution is 2.33. The molecule has 0 atom stereocenters. The Morgan fingerprint density at radius 3 is 2.52 bits per heavy atom. The number of para-hydroxylation sites is 1. The molecular weight excluding hydrogens is 479 g/mol. The summed E-state index contributed by atoms with van der Waals surface area (Å²) in [6.07, 6.45) is 0. The predicted octanol–water partition coefficient (Wildman–Crippen LogP) is 5.94. The van der Waals surface area contributed by atoms with Crippen molar-refractivity contribution in [3.8, 4) is 0 Å². The Labute approximate surface area is 191 Å². The van der Waals surface area contributed by atoms with Crippen molar-refractivity contribution in [2.45, 2.75) is 23.5 Å². The highest BCUT2D eigenvalue weighted by molar-refractivity contribution is 9.10. The molecule has 1 aromatic heterocycles. The fraction of sp³-hybridized carbons (Fsp3) is 0.0870. The van der Waals surface area contributed by atoms with Crippen molar-refractivity contribution < 1.29 is 9.18 Å². The number of nitrogens with one attached hydrogen (secondary N) is 1. The summed E-state index contributed by atoms with van der Waals surface area (Å²) in [4.78, 5) is 17.9. The van der Waals surface area contributed by atoms with E-state index in [-0.39, 0.29) is 11.7 Å². The minimum absolute atomic E-state index is 0.310. The molecule has 31 heavy (non-hydrogen) atoms. The molecule has 4 aromatic rings. The number of anilines is 1. The number of hydrogen-bond donors (Lipinski definition) is 1. The van der Waals surface area contributed by atoms with Gasteiger partial charge in [-0.05, 0) is 76.6 Å². The zero-order chi connectivity index (χ0) is 21.8. The number of aryl methyl sites for hydroxylation is 1. The molecule has 0 aliphatic rings. The smallest absolute Gasteiger partial charge is 0.255 e. The molecule has 8 heteroatoms. The van der Waals surface area contributed by atoms with E-state index in [1.165, 1.54) is 41.6 Å². The molecule has 0 bridgehead atoms. The maximum atomic E-state index is 13.1. The standard InChI is InChI=1S/C23H18BrFN4OS/c1-15-6-8-16(9-7-15)14-29-23(27-22(24)28-29)31-20-5-3-2-4-19(20)26-21(30)17-10-12-18(25)13-11-17/h2-13H,14H2,1H3,(H,26,30). The van der Waals surface area contributed by atoms with Crippen molar-refractivity contribution in [1.82, 2.24) is 14.8 Å². The third-order valence-electron chi connectivity index (χ3n) is 4.51.